The third-order valence-electron chi connectivity index (χ3n) is 4.25. The lowest BCUT2D eigenvalue weighted by molar-refractivity contribution is -0.130. The Kier molecular flexibility index (Phi) is 5.76. The van der Waals surface area contributed by atoms with E-state index in [4.69, 9.17) is 4.74 Å². The highest BCUT2D eigenvalue weighted by Gasteiger charge is 2.39. The molecular formula is C17H26N2O2. The summed E-state index contributed by atoms with van der Waals surface area (Å²) in [5.74, 6) is 0.0920. The third-order valence-corrected chi connectivity index (χ3v) is 4.25. The number of amides is 1. The van der Waals surface area contributed by atoms with Crippen molar-refractivity contribution < 1.29 is 9.53 Å². The second kappa shape index (κ2) is 7.57. The van der Waals surface area contributed by atoms with Crippen molar-refractivity contribution in [1.82, 2.24) is 5.32 Å². The zero-order valence-corrected chi connectivity index (χ0v) is 13.1. The van der Waals surface area contributed by atoms with Gasteiger partial charge in [-0.2, -0.15) is 0 Å². The van der Waals surface area contributed by atoms with Gasteiger partial charge in [0.1, 0.15) is 0 Å². The van der Waals surface area contributed by atoms with Crippen molar-refractivity contribution in [2.45, 2.75) is 32.6 Å². The number of aryl methyl sites for hydroxylation is 1. The fraction of sp³-hybridized carbons (Fsp3) is 0.588. The fourth-order valence-corrected chi connectivity index (χ4v) is 3.00. The minimum Gasteiger partial charge on any atom is -0.384 e. The number of benzene rings is 1. The third kappa shape index (κ3) is 3.83. The molecule has 4 nitrogen and oxygen atoms in total. The first-order chi connectivity index (χ1) is 10.2. The quantitative estimate of drug-likeness (QED) is 0.846. The number of rotatable bonds is 6. The van der Waals surface area contributed by atoms with Crippen molar-refractivity contribution >= 4 is 11.6 Å². The summed E-state index contributed by atoms with van der Waals surface area (Å²) in [5, 5.41) is 6.46. The molecule has 0 radical (unpaired) electrons. The molecule has 0 saturated carbocycles. The number of para-hydroxylation sites is 1. The molecule has 4 heteroatoms. The van der Waals surface area contributed by atoms with E-state index in [-0.39, 0.29) is 5.91 Å². The van der Waals surface area contributed by atoms with E-state index in [2.05, 4.69) is 23.6 Å². The lowest BCUT2D eigenvalue weighted by atomic mass is 9.78. The highest BCUT2D eigenvalue weighted by Crippen LogP contribution is 2.31. The number of hydrogen-bond donors (Lipinski definition) is 2. The minimum absolute atomic E-state index is 0.0920. The zero-order valence-electron chi connectivity index (χ0n) is 13.1. The van der Waals surface area contributed by atoms with E-state index in [0.29, 0.717) is 6.61 Å². The van der Waals surface area contributed by atoms with Crippen LogP contribution in [0.25, 0.3) is 0 Å². The molecule has 1 aromatic carbocycles. The summed E-state index contributed by atoms with van der Waals surface area (Å²) in [5.41, 5.74) is 1.74. The highest BCUT2D eigenvalue weighted by molar-refractivity contribution is 5.96. The first-order valence-corrected chi connectivity index (χ1v) is 7.81. The van der Waals surface area contributed by atoms with Gasteiger partial charge in [0.15, 0.2) is 0 Å². The number of piperidine rings is 1. The fourth-order valence-electron chi connectivity index (χ4n) is 3.00. The van der Waals surface area contributed by atoms with Crippen LogP contribution in [0.4, 0.5) is 5.69 Å². The second-order valence-electron chi connectivity index (χ2n) is 5.82. The Morgan fingerprint density at radius 3 is 2.71 bits per heavy atom. The molecule has 0 bridgehead atoms. The standard InChI is InChI=1S/C17H26N2O2/c1-3-6-14-7-4-5-8-15(14)19-16(20)17(13-21-2)9-11-18-12-10-17/h4-5,7-8,18H,3,6,9-13H2,1-2H3,(H,19,20). The maximum absolute atomic E-state index is 12.8. The number of methoxy groups -OCH3 is 1. The minimum atomic E-state index is -0.403. The molecule has 21 heavy (non-hydrogen) atoms. The van der Waals surface area contributed by atoms with Crippen LogP contribution in [-0.2, 0) is 16.0 Å². The van der Waals surface area contributed by atoms with Gasteiger partial charge in [-0.1, -0.05) is 31.5 Å². The number of carbonyl (C=O) groups is 1. The molecule has 1 amide bonds. The van der Waals surface area contributed by atoms with E-state index in [1.807, 2.05) is 18.2 Å². The summed E-state index contributed by atoms with van der Waals surface area (Å²) < 4.78 is 5.33. The molecule has 0 aliphatic carbocycles. The van der Waals surface area contributed by atoms with Crippen LogP contribution in [0.2, 0.25) is 0 Å². The Labute approximate surface area is 127 Å². The first kappa shape index (κ1) is 16.0. The number of carbonyl (C=O) groups excluding carboxylic acids is 1. The van der Waals surface area contributed by atoms with Crippen molar-refractivity contribution in [2.75, 3.05) is 32.1 Å². The average Bonchev–Trinajstić information content (AvgIpc) is 2.50. The van der Waals surface area contributed by atoms with Gasteiger partial charge in [0.25, 0.3) is 0 Å². The summed E-state index contributed by atoms with van der Waals surface area (Å²) in [6.45, 7) is 4.37. The molecule has 1 aliphatic heterocycles. The molecule has 0 aromatic heterocycles. The van der Waals surface area contributed by atoms with E-state index in [1.165, 1.54) is 5.56 Å². The SMILES string of the molecule is CCCc1ccccc1NC(=O)C1(COC)CCNCC1. The molecule has 1 saturated heterocycles. The number of anilines is 1. The van der Waals surface area contributed by atoms with Crippen LogP contribution in [0.5, 0.6) is 0 Å². The molecule has 0 unspecified atom stereocenters. The Morgan fingerprint density at radius 1 is 1.33 bits per heavy atom. The van der Waals surface area contributed by atoms with Crippen LogP contribution in [0.1, 0.15) is 31.7 Å². The second-order valence-corrected chi connectivity index (χ2v) is 5.82. The summed E-state index contributed by atoms with van der Waals surface area (Å²) >= 11 is 0. The van der Waals surface area contributed by atoms with Gasteiger partial charge in [0.05, 0.1) is 12.0 Å². The molecule has 2 rings (SSSR count). The summed E-state index contributed by atoms with van der Waals surface area (Å²) in [6.07, 6.45) is 3.69. The van der Waals surface area contributed by atoms with Gasteiger partial charge in [0.2, 0.25) is 5.91 Å². The Morgan fingerprint density at radius 2 is 2.05 bits per heavy atom. The number of hydrogen-bond acceptors (Lipinski definition) is 3. The van der Waals surface area contributed by atoms with Gasteiger partial charge in [-0.15, -0.1) is 0 Å². The van der Waals surface area contributed by atoms with Crippen molar-refractivity contribution in [3.05, 3.63) is 29.8 Å². The van der Waals surface area contributed by atoms with E-state index >= 15 is 0 Å². The molecule has 0 atom stereocenters. The summed E-state index contributed by atoms with van der Waals surface area (Å²) in [4.78, 5) is 12.8. The molecular weight excluding hydrogens is 264 g/mol. The molecule has 1 heterocycles. The summed E-state index contributed by atoms with van der Waals surface area (Å²) in [6, 6.07) is 8.07. The van der Waals surface area contributed by atoms with Gasteiger partial charge < -0.3 is 15.4 Å². The lowest BCUT2D eigenvalue weighted by Gasteiger charge is -2.35. The van der Waals surface area contributed by atoms with Crippen molar-refractivity contribution in [2.24, 2.45) is 5.41 Å². The van der Waals surface area contributed by atoms with Crippen LogP contribution >= 0.6 is 0 Å². The largest absolute Gasteiger partial charge is 0.384 e. The normalized spacial score (nSPS) is 17.4. The summed E-state index contributed by atoms with van der Waals surface area (Å²) in [7, 11) is 1.67. The number of ether oxygens (including phenoxy) is 1. The van der Waals surface area contributed by atoms with Crippen LogP contribution in [0.15, 0.2) is 24.3 Å². The zero-order chi connectivity index (χ0) is 15.1. The van der Waals surface area contributed by atoms with Gasteiger partial charge in [-0.25, -0.2) is 0 Å². The van der Waals surface area contributed by atoms with Gasteiger partial charge in [0, 0.05) is 12.8 Å². The van der Waals surface area contributed by atoms with Crippen molar-refractivity contribution in [1.29, 1.82) is 0 Å². The van der Waals surface area contributed by atoms with Crippen molar-refractivity contribution in [3.8, 4) is 0 Å². The van der Waals surface area contributed by atoms with Crippen LogP contribution in [-0.4, -0.2) is 32.7 Å². The van der Waals surface area contributed by atoms with E-state index in [1.54, 1.807) is 7.11 Å². The van der Waals surface area contributed by atoms with E-state index in [0.717, 1.165) is 44.5 Å². The Balaban J connectivity index is 2.15. The van der Waals surface area contributed by atoms with Gasteiger partial charge >= 0.3 is 0 Å². The molecule has 2 N–H and O–H groups in total. The highest BCUT2D eigenvalue weighted by atomic mass is 16.5. The van der Waals surface area contributed by atoms with Gasteiger partial charge in [-0.05, 0) is 44.0 Å². The average molecular weight is 290 g/mol. The Hall–Kier alpha value is -1.39. The van der Waals surface area contributed by atoms with E-state index < -0.39 is 5.41 Å². The van der Waals surface area contributed by atoms with Crippen molar-refractivity contribution in [3.63, 3.8) is 0 Å². The monoisotopic (exact) mass is 290 g/mol. The van der Waals surface area contributed by atoms with Crippen LogP contribution < -0.4 is 10.6 Å². The Bertz CT molecular complexity index is 462. The number of nitrogens with one attached hydrogen (secondary N) is 2. The first-order valence-electron chi connectivity index (χ1n) is 7.81. The molecule has 1 fully saturated rings. The lowest BCUT2D eigenvalue weighted by Crippen LogP contribution is -2.47. The molecule has 116 valence electrons. The topological polar surface area (TPSA) is 50.4 Å². The maximum atomic E-state index is 12.8. The molecule has 0 spiro atoms. The maximum Gasteiger partial charge on any atom is 0.233 e. The smallest absolute Gasteiger partial charge is 0.233 e. The predicted octanol–water partition coefficient (Wildman–Crippen LogP) is 2.59. The molecule has 1 aliphatic rings. The molecule has 1 aromatic rings. The van der Waals surface area contributed by atoms with E-state index in [9.17, 15) is 4.79 Å². The van der Waals surface area contributed by atoms with Gasteiger partial charge in [-0.3, -0.25) is 4.79 Å². The van der Waals surface area contributed by atoms with Crippen LogP contribution in [0, 0.1) is 5.41 Å². The predicted molar refractivity (Wildman–Crippen MR) is 85.5 cm³/mol. The van der Waals surface area contributed by atoms with Crippen LogP contribution in [0.3, 0.4) is 0 Å².